The number of hydrogen-bond donors (Lipinski definition) is 1. The number of fused-ring (bicyclic) bond motifs is 2. The van der Waals surface area contributed by atoms with Crippen molar-refractivity contribution >= 4 is 33.7 Å². The number of aryl methyl sites for hydroxylation is 2. The molecule has 1 N–H and O–H groups in total. The van der Waals surface area contributed by atoms with Gasteiger partial charge < -0.3 is 4.42 Å². The van der Waals surface area contributed by atoms with Crippen molar-refractivity contribution < 1.29 is 4.42 Å². The molecule has 6 heteroatoms. The number of nitrogens with one attached hydrogen (secondary N) is 1. The van der Waals surface area contributed by atoms with Crippen molar-refractivity contribution in [3.63, 3.8) is 0 Å². The van der Waals surface area contributed by atoms with E-state index < -0.39 is 0 Å². The first-order chi connectivity index (χ1) is 14.2. The van der Waals surface area contributed by atoms with Crippen LogP contribution in [0, 0.1) is 13.8 Å². The summed E-state index contributed by atoms with van der Waals surface area (Å²) >= 11 is 0. The molecule has 0 saturated carbocycles. The number of nitrogens with zero attached hydrogens (tertiary/aromatic N) is 4. The summed E-state index contributed by atoms with van der Waals surface area (Å²) < 4.78 is 5.78. The molecule has 0 aliphatic rings. The first-order valence-electron chi connectivity index (χ1n) is 9.47. The predicted molar refractivity (Wildman–Crippen MR) is 113 cm³/mol. The third-order valence-electron chi connectivity index (χ3n) is 4.80. The molecule has 0 atom stereocenters. The topological polar surface area (TPSA) is 76.7 Å². The first kappa shape index (κ1) is 17.3. The molecule has 0 unspecified atom stereocenters. The van der Waals surface area contributed by atoms with Gasteiger partial charge in [-0.05, 0) is 43.7 Å². The Labute approximate surface area is 167 Å². The van der Waals surface area contributed by atoms with Gasteiger partial charge in [-0.25, -0.2) is 0 Å². The molecule has 5 rings (SSSR count). The summed E-state index contributed by atoms with van der Waals surface area (Å²) in [5.41, 5.74) is 5.64. The lowest BCUT2D eigenvalue weighted by molar-refractivity contribution is 0.622. The number of anilines is 2. The van der Waals surface area contributed by atoms with Gasteiger partial charge in [0.25, 0.3) is 0 Å². The van der Waals surface area contributed by atoms with E-state index in [1.165, 1.54) is 5.56 Å². The lowest BCUT2D eigenvalue weighted by Crippen LogP contribution is -2.03. The Balaban J connectivity index is 1.53. The molecule has 0 spiro atoms. The fraction of sp³-hybridized carbons (Fsp3) is 0.130. The van der Waals surface area contributed by atoms with Crippen molar-refractivity contribution in [3.05, 3.63) is 83.3 Å². The summed E-state index contributed by atoms with van der Waals surface area (Å²) in [6.45, 7) is 4.02. The quantitative estimate of drug-likeness (QED) is 0.466. The van der Waals surface area contributed by atoms with Crippen LogP contribution in [-0.2, 0) is 6.42 Å². The van der Waals surface area contributed by atoms with Crippen LogP contribution in [-0.4, -0.2) is 20.2 Å². The zero-order valence-electron chi connectivity index (χ0n) is 16.2. The average Bonchev–Trinajstić information content (AvgIpc) is 3.11. The Hall–Kier alpha value is -3.80. The second-order valence-corrected chi connectivity index (χ2v) is 7.09. The minimum absolute atomic E-state index is 0.402. The number of pyridine rings is 1. The minimum Gasteiger partial charge on any atom is -0.423 e. The van der Waals surface area contributed by atoms with Crippen LogP contribution in [0.4, 0.5) is 11.8 Å². The summed E-state index contributed by atoms with van der Waals surface area (Å²) in [6, 6.07) is 20.3. The van der Waals surface area contributed by atoms with Gasteiger partial charge in [0.15, 0.2) is 11.4 Å². The second-order valence-electron chi connectivity index (χ2n) is 7.09. The van der Waals surface area contributed by atoms with Gasteiger partial charge in [0.2, 0.25) is 0 Å². The Morgan fingerprint density at radius 2 is 1.55 bits per heavy atom. The van der Waals surface area contributed by atoms with Gasteiger partial charge in [-0.15, -0.1) is 5.10 Å². The molecule has 29 heavy (non-hydrogen) atoms. The van der Waals surface area contributed by atoms with Crippen LogP contribution in [0.1, 0.15) is 22.6 Å². The van der Waals surface area contributed by atoms with Gasteiger partial charge in [-0.3, -0.25) is 10.3 Å². The molecule has 142 valence electrons. The number of benzene rings is 2. The van der Waals surface area contributed by atoms with Crippen molar-refractivity contribution in [2.45, 2.75) is 20.3 Å². The fourth-order valence-electron chi connectivity index (χ4n) is 3.63. The smallest absolute Gasteiger partial charge is 0.301 e. The van der Waals surface area contributed by atoms with E-state index in [9.17, 15) is 0 Å². The van der Waals surface area contributed by atoms with Crippen LogP contribution >= 0.6 is 0 Å². The Morgan fingerprint density at radius 1 is 0.828 bits per heavy atom. The maximum absolute atomic E-state index is 5.78. The van der Waals surface area contributed by atoms with Gasteiger partial charge in [-0.2, -0.15) is 10.1 Å². The van der Waals surface area contributed by atoms with Crippen LogP contribution in [0.15, 0.2) is 65.1 Å². The highest BCUT2D eigenvalue weighted by molar-refractivity contribution is 5.94. The van der Waals surface area contributed by atoms with Crippen LogP contribution in [0.5, 0.6) is 0 Å². The van der Waals surface area contributed by atoms with E-state index in [2.05, 4.69) is 43.7 Å². The van der Waals surface area contributed by atoms with Crippen molar-refractivity contribution in [2.75, 3.05) is 5.32 Å². The lowest BCUT2D eigenvalue weighted by Gasteiger charge is -2.10. The first-order valence-corrected chi connectivity index (χ1v) is 9.47. The normalized spacial score (nSPS) is 11.2. The average molecular weight is 381 g/mol. The standard InChI is InChI=1S/C23H19N5O/c1-14-11-16(12-15(2)24-14)13-20-17-7-3-4-8-18(17)22(28-27-20)26-23-25-19-9-5-6-10-21(19)29-23/h3-12H,13H2,1-2H3,(H,25,26,28). The Morgan fingerprint density at radius 3 is 2.34 bits per heavy atom. The van der Waals surface area contributed by atoms with Gasteiger partial charge >= 0.3 is 6.01 Å². The number of rotatable bonds is 4. The van der Waals surface area contributed by atoms with Crippen molar-refractivity contribution in [1.29, 1.82) is 0 Å². The number of hydrogen-bond acceptors (Lipinski definition) is 6. The van der Waals surface area contributed by atoms with Gasteiger partial charge in [0, 0.05) is 28.6 Å². The monoisotopic (exact) mass is 381 g/mol. The molecular formula is C23H19N5O. The molecule has 2 aromatic carbocycles. The zero-order chi connectivity index (χ0) is 19.8. The molecule has 5 aromatic rings. The maximum atomic E-state index is 5.78. The molecule has 0 aliphatic heterocycles. The fourth-order valence-corrected chi connectivity index (χ4v) is 3.63. The molecule has 0 saturated heterocycles. The van der Waals surface area contributed by atoms with Crippen molar-refractivity contribution in [2.24, 2.45) is 0 Å². The third kappa shape index (κ3) is 3.40. The summed E-state index contributed by atoms with van der Waals surface area (Å²) in [5.74, 6) is 0.623. The van der Waals surface area contributed by atoms with E-state index >= 15 is 0 Å². The highest BCUT2D eigenvalue weighted by Crippen LogP contribution is 2.28. The molecule has 0 radical (unpaired) electrons. The number of aromatic nitrogens is 4. The Bertz CT molecular complexity index is 1290. The summed E-state index contributed by atoms with van der Waals surface area (Å²) in [4.78, 5) is 8.93. The third-order valence-corrected chi connectivity index (χ3v) is 4.80. The van der Waals surface area contributed by atoms with Crippen LogP contribution in [0.2, 0.25) is 0 Å². The van der Waals surface area contributed by atoms with Crippen LogP contribution in [0.3, 0.4) is 0 Å². The van der Waals surface area contributed by atoms with Gasteiger partial charge in [-0.1, -0.05) is 36.4 Å². The molecule has 0 fully saturated rings. The van der Waals surface area contributed by atoms with Gasteiger partial charge in [0.1, 0.15) is 5.52 Å². The molecule has 0 bridgehead atoms. The Kier molecular flexibility index (Phi) is 4.17. The van der Waals surface area contributed by atoms with E-state index in [4.69, 9.17) is 4.42 Å². The van der Waals surface area contributed by atoms with Crippen molar-refractivity contribution in [1.82, 2.24) is 20.2 Å². The highest BCUT2D eigenvalue weighted by atomic mass is 16.4. The SMILES string of the molecule is Cc1cc(Cc2nnc(Nc3nc4ccccc4o3)c3ccccc23)cc(C)n1. The molecule has 6 nitrogen and oxygen atoms in total. The predicted octanol–water partition coefficient (Wildman–Crippen LogP) is 5.12. The van der Waals surface area contributed by atoms with Crippen LogP contribution < -0.4 is 5.32 Å². The summed E-state index contributed by atoms with van der Waals surface area (Å²) in [6.07, 6.45) is 0.695. The minimum atomic E-state index is 0.402. The molecular weight excluding hydrogens is 362 g/mol. The second kappa shape index (κ2) is 6.98. The van der Waals surface area contributed by atoms with E-state index in [-0.39, 0.29) is 0 Å². The molecule has 0 amide bonds. The van der Waals surface area contributed by atoms with E-state index in [1.807, 2.05) is 56.3 Å². The lowest BCUT2D eigenvalue weighted by atomic mass is 10.0. The number of oxazole rings is 1. The zero-order valence-corrected chi connectivity index (χ0v) is 16.2. The summed E-state index contributed by atoms with van der Waals surface area (Å²) in [7, 11) is 0. The van der Waals surface area contributed by atoms with Crippen LogP contribution in [0.25, 0.3) is 21.9 Å². The molecule has 0 aliphatic carbocycles. The van der Waals surface area contributed by atoms with E-state index in [0.29, 0.717) is 18.3 Å². The molecule has 3 heterocycles. The maximum Gasteiger partial charge on any atom is 0.301 e. The van der Waals surface area contributed by atoms with E-state index in [0.717, 1.165) is 39.0 Å². The van der Waals surface area contributed by atoms with E-state index in [1.54, 1.807) is 0 Å². The largest absolute Gasteiger partial charge is 0.423 e. The highest BCUT2D eigenvalue weighted by Gasteiger charge is 2.13. The molecule has 3 aromatic heterocycles. The number of para-hydroxylation sites is 2. The van der Waals surface area contributed by atoms with Gasteiger partial charge in [0.05, 0.1) is 5.69 Å². The van der Waals surface area contributed by atoms with Crippen molar-refractivity contribution in [3.8, 4) is 0 Å². The summed E-state index contributed by atoms with van der Waals surface area (Å²) in [5, 5.41) is 14.2.